The highest BCUT2D eigenvalue weighted by Gasteiger charge is 2.10. The average molecular weight is 368 g/mol. The Balaban J connectivity index is 2.24. The highest BCUT2D eigenvalue weighted by Crippen LogP contribution is 2.26. The van der Waals surface area contributed by atoms with E-state index in [2.05, 4.69) is 39.6 Å². The summed E-state index contributed by atoms with van der Waals surface area (Å²) in [6.45, 7) is 1.52. The first-order chi connectivity index (χ1) is 9.20. The smallest absolute Gasteiger partial charge is 0.0606 e. The molecule has 0 unspecified atom stereocenters. The van der Waals surface area contributed by atoms with Crippen LogP contribution in [-0.4, -0.2) is 18.3 Å². The van der Waals surface area contributed by atoms with Gasteiger partial charge in [-0.1, -0.05) is 30.3 Å². The van der Waals surface area contributed by atoms with E-state index in [1.165, 1.54) is 5.56 Å². The summed E-state index contributed by atoms with van der Waals surface area (Å²) in [6, 6.07) is 16.1. The van der Waals surface area contributed by atoms with Crippen molar-refractivity contribution in [2.45, 2.75) is 6.54 Å². The SMILES string of the molecule is Nc1ccc(N(CCO)Cc2ccccc2)c(I)c1. The molecule has 0 amide bonds. The van der Waals surface area contributed by atoms with Crippen molar-refractivity contribution in [1.82, 2.24) is 0 Å². The van der Waals surface area contributed by atoms with Gasteiger partial charge in [-0.2, -0.15) is 0 Å². The lowest BCUT2D eigenvalue weighted by molar-refractivity contribution is 0.301. The first-order valence-electron chi connectivity index (χ1n) is 6.15. The van der Waals surface area contributed by atoms with Crippen molar-refractivity contribution in [3.63, 3.8) is 0 Å². The largest absolute Gasteiger partial charge is 0.399 e. The minimum absolute atomic E-state index is 0.132. The molecular formula is C15H17IN2O. The van der Waals surface area contributed by atoms with Gasteiger partial charge in [-0.15, -0.1) is 0 Å². The molecule has 19 heavy (non-hydrogen) atoms. The van der Waals surface area contributed by atoms with Gasteiger partial charge in [0.2, 0.25) is 0 Å². The summed E-state index contributed by atoms with van der Waals surface area (Å²) >= 11 is 2.28. The molecule has 0 heterocycles. The van der Waals surface area contributed by atoms with E-state index < -0.39 is 0 Å². The average Bonchev–Trinajstić information content (AvgIpc) is 2.39. The van der Waals surface area contributed by atoms with Crippen LogP contribution in [0, 0.1) is 3.57 Å². The minimum Gasteiger partial charge on any atom is -0.399 e. The van der Waals surface area contributed by atoms with Gasteiger partial charge in [-0.25, -0.2) is 0 Å². The van der Waals surface area contributed by atoms with Crippen molar-refractivity contribution in [3.8, 4) is 0 Å². The Bertz CT molecular complexity index is 531. The molecule has 2 aromatic carbocycles. The molecule has 0 bridgehead atoms. The summed E-state index contributed by atoms with van der Waals surface area (Å²) in [5.74, 6) is 0. The quantitative estimate of drug-likeness (QED) is 0.630. The van der Waals surface area contributed by atoms with Crippen molar-refractivity contribution >= 4 is 34.0 Å². The van der Waals surface area contributed by atoms with Crippen molar-refractivity contribution in [3.05, 3.63) is 57.7 Å². The lowest BCUT2D eigenvalue weighted by Gasteiger charge is -2.25. The molecule has 0 aliphatic rings. The fourth-order valence-corrected chi connectivity index (χ4v) is 2.87. The van der Waals surface area contributed by atoms with E-state index in [0.29, 0.717) is 6.54 Å². The number of hydrogen-bond acceptors (Lipinski definition) is 3. The molecular weight excluding hydrogens is 351 g/mol. The fraction of sp³-hybridized carbons (Fsp3) is 0.200. The molecule has 0 atom stereocenters. The van der Waals surface area contributed by atoms with Gasteiger partial charge in [0.1, 0.15) is 0 Å². The molecule has 0 fully saturated rings. The van der Waals surface area contributed by atoms with Gasteiger partial charge < -0.3 is 15.7 Å². The second kappa shape index (κ2) is 6.77. The molecule has 0 spiro atoms. The van der Waals surface area contributed by atoms with Gasteiger partial charge in [-0.05, 0) is 46.4 Å². The number of aliphatic hydroxyl groups excluding tert-OH is 1. The third kappa shape index (κ3) is 3.84. The number of halogens is 1. The third-order valence-corrected chi connectivity index (χ3v) is 3.76. The number of anilines is 2. The Morgan fingerprint density at radius 2 is 1.84 bits per heavy atom. The molecule has 0 radical (unpaired) electrons. The molecule has 0 aliphatic heterocycles. The maximum atomic E-state index is 9.25. The molecule has 100 valence electrons. The van der Waals surface area contributed by atoms with Crippen LogP contribution < -0.4 is 10.6 Å². The number of rotatable bonds is 5. The second-order valence-electron chi connectivity index (χ2n) is 4.34. The molecule has 0 aromatic heterocycles. The second-order valence-corrected chi connectivity index (χ2v) is 5.50. The van der Waals surface area contributed by atoms with E-state index in [-0.39, 0.29) is 6.61 Å². The summed E-state index contributed by atoms with van der Waals surface area (Å²) in [4.78, 5) is 2.16. The zero-order valence-electron chi connectivity index (χ0n) is 10.6. The van der Waals surface area contributed by atoms with Crippen LogP contribution in [-0.2, 0) is 6.54 Å². The Labute approximate surface area is 127 Å². The van der Waals surface area contributed by atoms with Crippen LogP contribution in [0.15, 0.2) is 48.5 Å². The summed E-state index contributed by atoms with van der Waals surface area (Å²) in [5, 5.41) is 9.25. The Morgan fingerprint density at radius 3 is 2.47 bits per heavy atom. The van der Waals surface area contributed by atoms with E-state index in [1.54, 1.807) is 0 Å². The van der Waals surface area contributed by atoms with Gasteiger partial charge in [0.15, 0.2) is 0 Å². The predicted molar refractivity (Wildman–Crippen MR) is 88.1 cm³/mol. The Morgan fingerprint density at radius 1 is 1.11 bits per heavy atom. The topological polar surface area (TPSA) is 49.5 Å². The lowest BCUT2D eigenvalue weighted by Crippen LogP contribution is -2.26. The predicted octanol–water partition coefficient (Wildman–Crippen LogP) is 2.87. The van der Waals surface area contributed by atoms with Crippen LogP contribution in [0.2, 0.25) is 0 Å². The molecule has 3 nitrogen and oxygen atoms in total. The van der Waals surface area contributed by atoms with Crippen LogP contribution in [0.5, 0.6) is 0 Å². The molecule has 0 saturated heterocycles. The number of aliphatic hydroxyl groups is 1. The molecule has 2 aromatic rings. The summed E-state index contributed by atoms with van der Waals surface area (Å²) in [5.41, 5.74) is 8.87. The molecule has 0 saturated carbocycles. The van der Waals surface area contributed by atoms with Crippen LogP contribution in [0.4, 0.5) is 11.4 Å². The van der Waals surface area contributed by atoms with Crippen molar-refractivity contribution in [1.29, 1.82) is 0 Å². The minimum atomic E-state index is 0.132. The third-order valence-electron chi connectivity index (χ3n) is 2.90. The van der Waals surface area contributed by atoms with E-state index >= 15 is 0 Å². The van der Waals surface area contributed by atoms with Gasteiger partial charge >= 0.3 is 0 Å². The lowest BCUT2D eigenvalue weighted by atomic mass is 10.2. The summed E-state index contributed by atoms with van der Waals surface area (Å²) in [7, 11) is 0. The van der Waals surface area contributed by atoms with Gasteiger partial charge in [-0.3, -0.25) is 0 Å². The van der Waals surface area contributed by atoms with E-state index in [9.17, 15) is 5.11 Å². The van der Waals surface area contributed by atoms with Gasteiger partial charge in [0, 0.05) is 22.3 Å². The number of nitrogen functional groups attached to an aromatic ring is 1. The summed E-state index contributed by atoms with van der Waals surface area (Å²) < 4.78 is 1.10. The number of hydrogen-bond donors (Lipinski definition) is 2. The van der Waals surface area contributed by atoms with Crippen LogP contribution in [0.25, 0.3) is 0 Å². The van der Waals surface area contributed by atoms with Gasteiger partial charge in [0.05, 0.1) is 12.3 Å². The highest BCUT2D eigenvalue weighted by molar-refractivity contribution is 14.1. The van der Waals surface area contributed by atoms with E-state index in [0.717, 1.165) is 21.5 Å². The Kier molecular flexibility index (Phi) is 5.04. The maximum Gasteiger partial charge on any atom is 0.0606 e. The number of nitrogens with two attached hydrogens (primary N) is 1. The van der Waals surface area contributed by atoms with Crippen molar-refractivity contribution < 1.29 is 5.11 Å². The number of benzene rings is 2. The van der Waals surface area contributed by atoms with Crippen molar-refractivity contribution in [2.24, 2.45) is 0 Å². The first kappa shape index (κ1) is 14.1. The molecule has 4 heteroatoms. The van der Waals surface area contributed by atoms with Crippen LogP contribution in [0.3, 0.4) is 0 Å². The number of nitrogens with zero attached hydrogens (tertiary/aromatic N) is 1. The zero-order chi connectivity index (χ0) is 13.7. The standard InChI is InChI=1S/C15H17IN2O/c16-14-10-13(17)6-7-15(14)18(8-9-19)11-12-4-2-1-3-5-12/h1-7,10,19H,8-9,11,17H2. The maximum absolute atomic E-state index is 9.25. The van der Waals surface area contributed by atoms with E-state index in [4.69, 9.17) is 5.73 Å². The van der Waals surface area contributed by atoms with E-state index in [1.807, 2.05) is 36.4 Å². The van der Waals surface area contributed by atoms with Crippen molar-refractivity contribution in [2.75, 3.05) is 23.8 Å². The zero-order valence-corrected chi connectivity index (χ0v) is 12.7. The molecule has 3 N–H and O–H groups in total. The van der Waals surface area contributed by atoms with Crippen LogP contribution >= 0.6 is 22.6 Å². The first-order valence-corrected chi connectivity index (χ1v) is 7.23. The summed E-state index contributed by atoms with van der Waals surface area (Å²) in [6.07, 6.45) is 0. The Hall–Kier alpha value is -1.27. The van der Waals surface area contributed by atoms with Crippen LogP contribution in [0.1, 0.15) is 5.56 Å². The molecule has 2 rings (SSSR count). The van der Waals surface area contributed by atoms with Gasteiger partial charge in [0.25, 0.3) is 0 Å². The highest BCUT2D eigenvalue weighted by atomic mass is 127. The monoisotopic (exact) mass is 368 g/mol. The fourth-order valence-electron chi connectivity index (χ4n) is 1.99. The molecule has 0 aliphatic carbocycles. The normalized spacial score (nSPS) is 10.4.